The van der Waals surface area contributed by atoms with E-state index in [0.29, 0.717) is 18.8 Å². The average molecular weight is 338 g/mol. The molecule has 2 heterocycles. The highest BCUT2D eigenvalue weighted by Crippen LogP contribution is 2.18. The monoisotopic (exact) mass is 338 g/mol. The van der Waals surface area contributed by atoms with Gasteiger partial charge in [0.15, 0.2) is 0 Å². The summed E-state index contributed by atoms with van der Waals surface area (Å²) in [5.74, 6) is 0.00488. The minimum absolute atomic E-state index is 0.00488. The summed E-state index contributed by atoms with van der Waals surface area (Å²) in [5, 5.41) is 3.39. The molecule has 1 aromatic heterocycles. The van der Waals surface area contributed by atoms with E-state index >= 15 is 0 Å². The van der Waals surface area contributed by atoms with Gasteiger partial charge >= 0.3 is 0 Å². The summed E-state index contributed by atoms with van der Waals surface area (Å²) in [4.78, 5) is 21.3. The second-order valence-electron chi connectivity index (χ2n) is 7.42. The van der Waals surface area contributed by atoms with Crippen molar-refractivity contribution in [1.82, 2.24) is 9.88 Å². The molecule has 1 aliphatic rings. The Morgan fingerprint density at radius 1 is 1.04 bits per heavy atom. The van der Waals surface area contributed by atoms with E-state index in [0.717, 1.165) is 18.8 Å². The second-order valence-corrected chi connectivity index (χ2v) is 7.42. The number of hydrogen-bond donors (Lipinski definition) is 1. The molecule has 132 valence electrons. The van der Waals surface area contributed by atoms with Crippen LogP contribution in [0, 0.1) is 0 Å². The Bertz CT molecular complexity index is 716. The highest BCUT2D eigenvalue weighted by molar-refractivity contribution is 5.93. The maximum Gasteiger partial charge on any atom is 0.272 e. The van der Waals surface area contributed by atoms with Crippen LogP contribution in [0.15, 0.2) is 48.7 Å². The number of pyridine rings is 1. The molecule has 1 aromatic carbocycles. The Balaban J connectivity index is 1.64. The summed E-state index contributed by atoms with van der Waals surface area (Å²) >= 11 is 0. The fourth-order valence-corrected chi connectivity index (χ4v) is 3.03. The molecule has 1 amide bonds. The molecule has 0 radical (unpaired) electrons. The standard InChI is InChI=1S/C20H26N4O/c1-20(2,3)22-16-9-10-21-18(15-16)19(25)24-13-11-23(12-14-24)17-7-5-4-6-8-17/h4-10,15H,11-14H2,1-3H3,(H,21,22). The SMILES string of the molecule is CC(C)(C)Nc1ccnc(C(=O)N2CCN(c3ccccc3)CC2)c1. The van der Waals surface area contributed by atoms with Gasteiger partial charge in [-0.1, -0.05) is 18.2 Å². The van der Waals surface area contributed by atoms with Crippen molar-refractivity contribution in [1.29, 1.82) is 0 Å². The van der Waals surface area contributed by atoms with Crippen LogP contribution < -0.4 is 10.2 Å². The van der Waals surface area contributed by atoms with Gasteiger partial charge in [-0.2, -0.15) is 0 Å². The lowest BCUT2D eigenvalue weighted by Gasteiger charge is -2.36. The second kappa shape index (κ2) is 7.13. The van der Waals surface area contributed by atoms with E-state index in [1.54, 1.807) is 6.20 Å². The molecule has 1 aliphatic heterocycles. The summed E-state index contributed by atoms with van der Waals surface area (Å²) in [6.45, 7) is 9.40. The van der Waals surface area contributed by atoms with Crippen LogP contribution in [0.25, 0.3) is 0 Å². The Morgan fingerprint density at radius 3 is 2.36 bits per heavy atom. The average Bonchev–Trinajstić information content (AvgIpc) is 2.61. The van der Waals surface area contributed by atoms with Crippen LogP contribution in [-0.4, -0.2) is 47.5 Å². The first-order chi connectivity index (χ1) is 11.9. The zero-order valence-electron chi connectivity index (χ0n) is 15.2. The fourth-order valence-electron chi connectivity index (χ4n) is 3.03. The molecule has 25 heavy (non-hydrogen) atoms. The molecule has 0 bridgehead atoms. The fraction of sp³-hybridized carbons (Fsp3) is 0.400. The van der Waals surface area contributed by atoms with Crippen LogP contribution in [0.5, 0.6) is 0 Å². The number of benzene rings is 1. The van der Waals surface area contributed by atoms with Crippen molar-refractivity contribution in [2.24, 2.45) is 0 Å². The molecule has 0 aliphatic carbocycles. The Labute approximate surface area is 149 Å². The van der Waals surface area contributed by atoms with Gasteiger partial charge in [-0.15, -0.1) is 0 Å². The van der Waals surface area contributed by atoms with E-state index in [4.69, 9.17) is 0 Å². The zero-order chi connectivity index (χ0) is 17.9. The third kappa shape index (κ3) is 4.50. The Hall–Kier alpha value is -2.56. The first kappa shape index (κ1) is 17.3. The van der Waals surface area contributed by atoms with E-state index in [1.807, 2.05) is 35.2 Å². The normalized spacial score (nSPS) is 15.2. The molecule has 3 rings (SSSR count). The number of nitrogens with one attached hydrogen (secondary N) is 1. The van der Waals surface area contributed by atoms with Crippen molar-refractivity contribution < 1.29 is 4.79 Å². The number of hydrogen-bond acceptors (Lipinski definition) is 4. The van der Waals surface area contributed by atoms with Gasteiger partial charge in [0.05, 0.1) is 0 Å². The number of carbonyl (C=O) groups excluding carboxylic acids is 1. The lowest BCUT2D eigenvalue weighted by Crippen LogP contribution is -2.49. The van der Waals surface area contributed by atoms with E-state index in [-0.39, 0.29) is 11.4 Å². The van der Waals surface area contributed by atoms with Crippen LogP contribution in [0.3, 0.4) is 0 Å². The molecule has 5 nitrogen and oxygen atoms in total. The van der Waals surface area contributed by atoms with Crippen molar-refractivity contribution >= 4 is 17.3 Å². The molecule has 2 aromatic rings. The molecule has 1 saturated heterocycles. The molecular formula is C20H26N4O. The molecule has 0 spiro atoms. The third-order valence-electron chi connectivity index (χ3n) is 4.19. The molecule has 0 atom stereocenters. The molecule has 0 unspecified atom stereocenters. The smallest absolute Gasteiger partial charge is 0.272 e. The van der Waals surface area contributed by atoms with Gasteiger partial charge in [0.1, 0.15) is 5.69 Å². The predicted molar refractivity (Wildman–Crippen MR) is 102 cm³/mol. The van der Waals surface area contributed by atoms with Gasteiger partial charge in [-0.05, 0) is 45.0 Å². The summed E-state index contributed by atoms with van der Waals surface area (Å²) in [7, 11) is 0. The molecule has 1 N–H and O–H groups in total. The predicted octanol–water partition coefficient (Wildman–Crippen LogP) is 3.25. The van der Waals surface area contributed by atoms with Crippen LogP contribution in [0.1, 0.15) is 31.3 Å². The lowest BCUT2D eigenvalue weighted by atomic mass is 10.1. The summed E-state index contributed by atoms with van der Waals surface area (Å²) in [6.07, 6.45) is 1.70. The topological polar surface area (TPSA) is 48.5 Å². The van der Waals surface area contributed by atoms with Crippen molar-refractivity contribution in [3.05, 3.63) is 54.4 Å². The van der Waals surface area contributed by atoms with Crippen molar-refractivity contribution in [2.75, 3.05) is 36.4 Å². The summed E-state index contributed by atoms with van der Waals surface area (Å²) in [5.41, 5.74) is 2.59. The number of nitrogens with zero attached hydrogens (tertiary/aromatic N) is 3. The molecule has 5 heteroatoms. The first-order valence-electron chi connectivity index (χ1n) is 8.76. The number of aromatic nitrogens is 1. The van der Waals surface area contributed by atoms with E-state index in [9.17, 15) is 4.79 Å². The first-order valence-corrected chi connectivity index (χ1v) is 8.76. The number of rotatable bonds is 3. The maximum absolute atomic E-state index is 12.8. The van der Waals surface area contributed by atoms with Crippen molar-refractivity contribution in [2.45, 2.75) is 26.3 Å². The van der Waals surface area contributed by atoms with Gasteiger partial charge in [-0.3, -0.25) is 9.78 Å². The number of piperazine rings is 1. The van der Waals surface area contributed by atoms with Gasteiger partial charge in [0, 0.05) is 49.3 Å². The number of para-hydroxylation sites is 1. The van der Waals surface area contributed by atoms with E-state index in [1.165, 1.54) is 5.69 Å². The van der Waals surface area contributed by atoms with E-state index in [2.05, 4.69) is 48.1 Å². The van der Waals surface area contributed by atoms with E-state index < -0.39 is 0 Å². The highest BCUT2D eigenvalue weighted by Gasteiger charge is 2.23. The van der Waals surface area contributed by atoms with Gasteiger partial charge in [0.25, 0.3) is 5.91 Å². The number of anilines is 2. The third-order valence-corrected chi connectivity index (χ3v) is 4.19. The van der Waals surface area contributed by atoms with Crippen LogP contribution in [-0.2, 0) is 0 Å². The summed E-state index contributed by atoms with van der Waals surface area (Å²) < 4.78 is 0. The minimum Gasteiger partial charge on any atom is -0.380 e. The Morgan fingerprint density at radius 2 is 1.72 bits per heavy atom. The molecular weight excluding hydrogens is 312 g/mol. The lowest BCUT2D eigenvalue weighted by molar-refractivity contribution is 0.0741. The summed E-state index contributed by atoms with van der Waals surface area (Å²) in [6, 6.07) is 14.1. The zero-order valence-corrected chi connectivity index (χ0v) is 15.2. The largest absolute Gasteiger partial charge is 0.380 e. The quantitative estimate of drug-likeness (QED) is 0.933. The van der Waals surface area contributed by atoms with Crippen LogP contribution >= 0.6 is 0 Å². The molecule has 0 saturated carbocycles. The van der Waals surface area contributed by atoms with Gasteiger partial charge in [0.2, 0.25) is 0 Å². The van der Waals surface area contributed by atoms with Crippen LogP contribution in [0.2, 0.25) is 0 Å². The van der Waals surface area contributed by atoms with Crippen molar-refractivity contribution in [3.63, 3.8) is 0 Å². The number of amides is 1. The molecule has 1 fully saturated rings. The van der Waals surface area contributed by atoms with Crippen LogP contribution in [0.4, 0.5) is 11.4 Å². The maximum atomic E-state index is 12.8. The van der Waals surface area contributed by atoms with Gasteiger partial charge in [-0.25, -0.2) is 0 Å². The van der Waals surface area contributed by atoms with Crippen molar-refractivity contribution in [3.8, 4) is 0 Å². The minimum atomic E-state index is -0.0526. The van der Waals surface area contributed by atoms with Gasteiger partial charge < -0.3 is 15.1 Å². The highest BCUT2D eigenvalue weighted by atomic mass is 16.2. The number of carbonyl (C=O) groups is 1. The Kier molecular flexibility index (Phi) is 4.93.